The highest BCUT2D eigenvalue weighted by Gasteiger charge is 2.34. The Morgan fingerprint density at radius 2 is 1.78 bits per heavy atom. The number of nitrogens with two attached hydrogens (primary N) is 1. The molecule has 0 aliphatic rings. The zero-order chi connectivity index (χ0) is 13.9. The largest absolute Gasteiger partial charge is 0.392 e. The van der Waals surface area contributed by atoms with Crippen molar-refractivity contribution in [2.45, 2.75) is 39.2 Å². The van der Waals surface area contributed by atoms with Gasteiger partial charge in [-0.3, -0.25) is 0 Å². The third kappa shape index (κ3) is 3.18. The molecule has 0 radical (unpaired) electrons. The van der Waals surface area contributed by atoms with Gasteiger partial charge in [-0.1, -0.05) is 50.0 Å². The van der Waals surface area contributed by atoms with Crippen molar-refractivity contribution in [1.82, 2.24) is 0 Å². The van der Waals surface area contributed by atoms with Crippen molar-refractivity contribution in [3.63, 3.8) is 0 Å². The first kappa shape index (κ1) is 15.8. The maximum atomic E-state index is 10.5. The molecule has 2 atom stereocenters. The van der Waals surface area contributed by atoms with E-state index in [2.05, 4.69) is 0 Å². The van der Waals surface area contributed by atoms with Crippen LogP contribution in [0.3, 0.4) is 0 Å². The zero-order valence-corrected chi connectivity index (χ0v) is 12.6. The van der Waals surface area contributed by atoms with Gasteiger partial charge in [0, 0.05) is 22.5 Å². The SMILES string of the molecule is CCC(C)(C)C(O)C(CN)c1c(Cl)cccc1Cl. The van der Waals surface area contributed by atoms with Crippen LogP contribution < -0.4 is 5.73 Å². The maximum absolute atomic E-state index is 10.5. The van der Waals surface area contributed by atoms with Gasteiger partial charge in [-0.25, -0.2) is 0 Å². The van der Waals surface area contributed by atoms with Crippen molar-refractivity contribution in [3.05, 3.63) is 33.8 Å². The molecule has 2 unspecified atom stereocenters. The first-order valence-electron chi connectivity index (χ1n) is 6.17. The van der Waals surface area contributed by atoms with Crippen molar-refractivity contribution in [1.29, 1.82) is 0 Å². The Kier molecular flexibility index (Phi) is 5.47. The zero-order valence-electron chi connectivity index (χ0n) is 11.1. The number of hydrogen-bond acceptors (Lipinski definition) is 2. The maximum Gasteiger partial charge on any atom is 0.0672 e. The van der Waals surface area contributed by atoms with E-state index in [9.17, 15) is 5.11 Å². The summed E-state index contributed by atoms with van der Waals surface area (Å²) in [5.74, 6) is -0.249. The molecule has 18 heavy (non-hydrogen) atoms. The minimum absolute atomic E-state index is 0.230. The van der Waals surface area contributed by atoms with Crippen LogP contribution in [0.15, 0.2) is 18.2 Å². The van der Waals surface area contributed by atoms with Crippen LogP contribution in [0.4, 0.5) is 0 Å². The van der Waals surface area contributed by atoms with E-state index < -0.39 is 6.10 Å². The second-order valence-corrected chi connectivity index (χ2v) is 6.08. The Bertz CT molecular complexity index is 387. The van der Waals surface area contributed by atoms with Gasteiger partial charge in [0.25, 0.3) is 0 Å². The van der Waals surface area contributed by atoms with Crippen molar-refractivity contribution in [3.8, 4) is 0 Å². The first-order chi connectivity index (χ1) is 8.35. The lowest BCUT2D eigenvalue weighted by Crippen LogP contribution is -2.38. The highest BCUT2D eigenvalue weighted by molar-refractivity contribution is 6.36. The van der Waals surface area contributed by atoms with E-state index in [0.717, 1.165) is 12.0 Å². The van der Waals surface area contributed by atoms with Gasteiger partial charge in [0.15, 0.2) is 0 Å². The fraction of sp³-hybridized carbons (Fsp3) is 0.571. The molecule has 0 amide bonds. The Morgan fingerprint density at radius 3 is 2.17 bits per heavy atom. The van der Waals surface area contributed by atoms with E-state index in [4.69, 9.17) is 28.9 Å². The summed E-state index contributed by atoms with van der Waals surface area (Å²) in [4.78, 5) is 0. The van der Waals surface area contributed by atoms with E-state index in [1.165, 1.54) is 0 Å². The molecule has 0 saturated carbocycles. The number of aliphatic hydroxyl groups is 1. The van der Waals surface area contributed by atoms with Crippen LogP contribution in [0.2, 0.25) is 10.0 Å². The van der Waals surface area contributed by atoms with Crippen LogP contribution in [0.5, 0.6) is 0 Å². The molecule has 3 N–H and O–H groups in total. The van der Waals surface area contributed by atoms with Crippen molar-refractivity contribution >= 4 is 23.2 Å². The van der Waals surface area contributed by atoms with Gasteiger partial charge in [-0.2, -0.15) is 0 Å². The quantitative estimate of drug-likeness (QED) is 0.865. The number of aliphatic hydroxyl groups excluding tert-OH is 1. The highest BCUT2D eigenvalue weighted by atomic mass is 35.5. The Morgan fingerprint density at radius 1 is 1.28 bits per heavy atom. The normalized spacial score (nSPS) is 15.5. The van der Waals surface area contributed by atoms with Crippen LogP contribution in [0, 0.1) is 5.41 Å². The molecule has 0 bridgehead atoms. The number of halogens is 2. The molecule has 4 heteroatoms. The van der Waals surface area contributed by atoms with Gasteiger partial charge in [0.1, 0.15) is 0 Å². The number of hydrogen-bond donors (Lipinski definition) is 2. The van der Waals surface area contributed by atoms with Crippen LogP contribution in [0.25, 0.3) is 0 Å². The summed E-state index contributed by atoms with van der Waals surface area (Å²) >= 11 is 12.4. The molecular weight excluding hydrogens is 269 g/mol. The highest BCUT2D eigenvalue weighted by Crippen LogP contribution is 2.39. The lowest BCUT2D eigenvalue weighted by Gasteiger charge is -2.35. The first-order valence-corrected chi connectivity index (χ1v) is 6.92. The molecule has 0 fully saturated rings. The van der Waals surface area contributed by atoms with Gasteiger partial charge in [-0.05, 0) is 29.5 Å². The predicted octanol–water partition coefficient (Wildman–Crippen LogP) is 3.83. The summed E-state index contributed by atoms with van der Waals surface area (Å²) in [6, 6.07) is 5.34. The summed E-state index contributed by atoms with van der Waals surface area (Å²) in [5.41, 5.74) is 6.34. The van der Waals surface area contributed by atoms with E-state index in [0.29, 0.717) is 16.6 Å². The van der Waals surface area contributed by atoms with Gasteiger partial charge in [0.05, 0.1) is 6.10 Å². The summed E-state index contributed by atoms with van der Waals surface area (Å²) in [6.07, 6.45) is 0.275. The Balaban J connectivity index is 3.18. The summed E-state index contributed by atoms with van der Waals surface area (Å²) in [6.45, 7) is 6.40. The van der Waals surface area contributed by atoms with E-state index >= 15 is 0 Å². The second kappa shape index (κ2) is 6.25. The van der Waals surface area contributed by atoms with Crippen LogP contribution in [-0.2, 0) is 0 Å². The van der Waals surface area contributed by atoms with Crippen LogP contribution in [0.1, 0.15) is 38.7 Å². The lowest BCUT2D eigenvalue weighted by atomic mass is 9.75. The predicted molar refractivity (Wildman–Crippen MR) is 78.3 cm³/mol. The minimum atomic E-state index is -0.579. The molecule has 102 valence electrons. The Hall–Kier alpha value is -0.280. The van der Waals surface area contributed by atoms with Crippen LogP contribution >= 0.6 is 23.2 Å². The fourth-order valence-electron chi connectivity index (χ4n) is 2.02. The summed E-state index contributed by atoms with van der Waals surface area (Å²) in [7, 11) is 0. The Labute approximate surface area is 119 Å². The van der Waals surface area contributed by atoms with Gasteiger partial charge in [-0.15, -0.1) is 0 Å². The average molecular weight is 290 g/mol. The van der Waals surface area contributed by atoms with E-state index in [-0.39, 0.29) is 11.3 Å². The number of benzene rings is 1. The molecule has 0 saturated heterocycles. The molecule has 2 nitrogen and oxygen atoms in total. The monoisotopic (exact) mass is 289 g/mol. The molecule has 1 rings (SSSR count). The molecule has 0 aliphatic carbocycles. The van der Waals surface area contributed by atoms with E-state index in [1.807, 2.05) is 20.8 Å². The van der Waals surface area contributed by atoms with Gasteiger partial charge < -0.3 is 10.8 Å². The standard InChI is InChI=1S/C14H21Cl2NO/c1-4-14(2,3)13(18)9(8-17)12-10(15)6-5-7-11(12)16/h5-7,9,13,18H,4,8,17H2,1-3H3. The minimum Gasteiger partial charge on any atom is -0.392 e. The lowest BCUT2D eigenvalue weighted by molar-refractivity contribution is 0.0265. The van der Waals surface area contributed by atoms with Crippen molar-refractivity contribution in [2.24, 2.45) is 11.1 Å². The van der Waals surface area contributed by atoms with Crippen molar-refractivity contribution in [2.75, 3.05) is 6.54 Å². The smallest absolute Gasteiger partial charge is 0.0672 e. The average Bonchev–Trinajstić information content (AvgIpc) is 2.33. The summed E-state index contributed by atoms with van der Waals surface area (Å²) in [5, 5.41) is 11.7. The molecule has 1 aromatic rings. The molecule has 0 aromatic heterocycles. The molecule has 0 heterocycles. The fourth-order valence-corrected chi connectivity index (χ4v) is 2.70. The van der Waals surface area contributed by atoms with Gasteiger partial charge in [0.2, 0.25) is 0 Å². The topological polar surface area (TPSA) is 46.2 Å². The molecule has 0 spiro atoms. The molecule has 0 aliphatic heterocycles. The molecule has 1 aromatic carbocycles. The second-order valence-electron chi connectivity index (χ2n) is 5.26. The third-order valence-electron chi connectivity index (χ3n) is 3.72. The van der Waals surface area contributed by atoms with Gasteiger partial charge >= 0.3 is 0 Å². The molecular formula is C14H21Cl2NO. The van der Waals surface area contributed by atoms with Crippen LogP contribution in [-0.4, -0.2) is 17.8 Å². The number of rotatable bonds is 5. The summed E-state index contributed by atoms with van der Waals surface area (Å²) < 4.78 is 0. The van der Waals surface area contributed by atoms with E-state index in [1.54, 1.807) is 18.2 Å². The van der Waals surface area contributed by atoms with Crippen molar-refractivity contribution < 1.29 is 5.11 Å². The third-order valence-corrected chi connectivity index (χ3v) is 4.38.